The van der Waals surface area contributed by atoms with Crippen molar-refractivity contribution in [3.8, 4) is 0 Å². The lowest BCUT2D eigenvalue weighted by Gasteiger charge is -2.40. The molecule has 1 fully saturated rings. The van der Waals surface area contributed by atoms with Crippen LogP contribution in [0.1, 0.15) is 38.5 Å². The third kappa shape index (κ3) is 5.36. The molecule has 0 radical (unpaired) electrons. The first-order chi connectivity index (χ1) is 8.22. The van der Waals surface area contributed by atoms with E-state index >= 15 is 0 Å². The second-order valence-corrected chi connectivity index (χ2v) is 5.68. The molecule has 0 atom stereocenters. The van der Waals surface area contributed by atoms with Gasteiger partial charge < -0.3 is 15.0 Å². The monoisotopic (exact) mass is 242 g/mol. The van der Waals surface area contributed by atoms with Crippen LogP contribution in [0.2, 0.25) is 0 Å². The Balaban J connectivity index is 2.36. The lowest BCUT2D eigenvalue weighted by molar-refractivity contribution is 0.110. The van der Waals surface area contributed by atoms with Gasteiger partial charge in [0, 0.05) is 33.4 Å². The van der Waals surface area contributed by atoms with E-state index in [0.717, 1.165) is 19.6 Å². The molecule has 1 aliphatic rings. The summed E-state index contributed by atoms with van der Waals surface area (Å²) in [5, 5.41) is 3.40. The first kappa shape index (κ1) is 14.9. The Morgan fingerprint density at radius 2 is 1.94 bits per heavy atom. The van der Waals surface area contributed by atoms with Crippen molar-refractivity contribution in [3.05, 3.63) is 0 Å². The standard InChI is InChI=1S/C14H30N2O/c1-15-12-14(8-5-4-6-9-14)13-16(2)10-7-11-17-3/h15H,4-13H2,1-3H3. The molecule has 0 unspecified atom stereocenters. The Labute approximate surface area is 107 Å². The van der Waals surface area contributed by atoms with Crippen LogP contribution in [0, 0.1) is 5.41 Å². The maximum absolute atomic E-state index is 5.12. The number of methoxy groups -OCH3 is 1. The molecular weight excluding hydrogens is 212 g/mol. The largest absolute Gasteiger partial charge is 0.385 e. The van der Waals surface area contributed by atoms with E-state index in [1.807, 2.05) is 0 Å². The summed E-state index contributed by atoms with van der Waals surface area (Å²) in [6.07, 6.45) is 8.17. The molecule has 0 aromatic rings. The number of rotatable bonds is 8. The van der Waals surface area contributed by atoms with Crippen molar-refractivity contribution < 1.29 is 4.74 Å². The summed E-state index contributed by atoms with van der Waals surface area (Å²) in [4.78, 5) is 2.49. The minimum atomic E-state index is 0.523. The van der Waals surface area contributed by atoms with Crippen LogP contribution in [0.15, 0.2) is 0 Å². The Bertz CT molecular complexity index is 185. The lowest BCUT2D eigenvalue weighted by atomic mass is 9.73. The molecular formula is C14H30N2O. The van der Waals surface area contributed by atoms with Gasteiger partial charge in [-0.15, -0.1) is 0 Å². The summed E-state index contributed by atoms with van der Waals surface area (Å²) >= 11 is 0. The molecule has 1 saturated carbocycles. The summed E-state index contributed by atoms with van der Waals surface area (Å²) < 4.78 is 5.12. The number of ether oxygens (including phenoxy) is 1. The maximum Gasteiger partial charge on any atom is 0.0474 e. The molecule has 0 bridgehead atoms. The fourth-order valence-corrected chi connectivity index (χ4v) is 3.20. The minimum absolute atomic E-state index is 0.523. The zero-order valence-electron chi connectivity index (χ0n) is 11.9. The van der Waals surface area contributed by atoms with E-state index in [-0.39, 0.29) is 0 Å². The number of hydrogen-bond donors (Lipinski definition) is 1. The molecule has 102 valence electrons. The van der Waals surface area contributed by atoms with Crippen molar-refractivity contribution in [1.82, 2.24) is 10.2 Å². The van der Waals surface area contributed by atoms with Crippen LogP contribution < -0.4 is 5.32 Å². The van der Waals surface area contributed by atoms with Crippen LogP contribution >= 0.6 is 0 Å². The average Bonchev–Trinajstić information content (AvgIpc) is 2.30. The summed E-state index contributed by atoms with van der Waals surface area (Å²) in [5.41, 5.74) is 0.523. The molecule has 3 heteroatoms. The maximum atomic E-state index is 5.12. The van der Waals surface area contributed by atoms with Gasteiger partial charge in [-0.3, -0.25) is 0 Å². The Morgan fingerprint density at radius 1 is 1.24 bits per heavy atom. The zero-order chi connectivity index (χ0) is 12.6. The summed E-state index contributed by atoms with van der Waals surface area (Å²) in [6.45, 7) is 4.43. The zero-order valence-corrected chi connectivity index (χ0v) is 11.9. The molecule has 0 aromatic carbocycles. The molecule has 0 saturated heterocycles. The highest BCUT2D eigenvalue weighted by Crippen LogP contribution is 2.36. The fraction of sp³-hybridized carbons (Fsp3) is 1.00. The van der Waals surface area contributed by atoms with Gasteiger partial charge in [0.05, 0.1) is 0 Å². The summed E-state index contributed by atoms with van der Waals surface area (Å²) in [5.74, 6) is 0. The van der Waals surface area contributed by atoms with E-state index < -0.39 is 0 Å². The first-order valence-electron chi connectivity index (χ1n) is 7.04. The van der Waals surface area contributed by atoms with E-state index in [4.69, 9.17) is 4.74 Å². The number of nitrogens with one attached hydrogen (secondary N) is 1. The predicted octanol–water partition coefficient (Wildman–Crippen LogP) is 2.12. The van der Waals surface area contributed by atoms with Gasteiger partial charge >= 0.3 is 0 Å². The highest BCUT2D eigenvalue weighted by molar-refractivity contribution is 4.86. The van der Waals surface area contributed by atoms with E-state index in [1.54, 1.807) is 7.11 Å². The van der Waals surface area contributed by atoms with Crippen LogP contribution in [0.5, 0.6) is 0 Å². The van der Waals surface area contributed by atoms with Crippen molar-refractivity contribution in [2.45, 2.75) is 38.5 Å². The van der Waals surface area contributed by atoms with Gasteiger partial charge in [0.15, 0.2) is 0 Å². The smallest absolute Gasteiger partial charge is 0.0474 e. The minimum Gasteiger partial charge on any atom is -0.385 e. The predicted molar refractivity (Wildman–Crippen MR) is 73.4 cm³/mol. The van der Waals surface area contributed by atoms with Gasteiger partial charge in [0.1, 0.15) is 0 Å². The van der Waals surface area contributed by atoms with Gasteiger partial charge in [-0.05, 0) is 38.8 Å². The van der Waals surface area contributed by atoms with Crippen LogP contribution in [0.3, 0.4) is 0 Å². The van der Waals surface area contributed by atoms with Crippen molar-refractivity contribution in [3.63, 3.8) is 0 Å². The number of hydrogen-bond acceptors (Lipinski definition) is 3. The molecule has 17 heavy (non-hydrogen) atoms. The molecule has 0 aromatic heterocycles. The van der Waals surface area contributed by atoms with Gasteiger partial charge in [-0.1, -0.05) is 19.3 Å². The van der Waals surface area contributed by atoms with Gasteiger partial charge in [0.2, 0.25) is 0 Å². The number of nitrogens with zero attached hydrogens (tertiary/aromatic N) is 1. The first-order valence-corrected chi connectivity index (χ1v) is 7.04. The highest BCUT2D eigenvalue weighted by atomic mass is 16.5. The second kappa shape index (κ2) is 8.06. The molecule has 0 aliphatic heterocycles. The van der Waals surface area contributed by atoms with Crippen LogP contribution in [0.25, 0.3) is 0 Å². The van der Waals surface area contributed by atoms with Crippen molar-refractivity contribution in [1.29, 1.82) is 0 Å². The molecule has 1 N–H and O–H groups in total. The van der Waals surface area contributed by atoms with Crippen LogP contribution in [0.4, 0.5) is 0 Å². The third-order valence-electron chi connectivity index (χ3n) is 3.96. The van der Waals surface area contributed by atoms with E-state index in [1.165, 1.54) is 45.2 Å². The van der Waals surface area contributed by atoms with E-state index in [2.05, 4.69) is 24.3 Å². The molecule has 0 amide bonds. The normalized spacial score (nSPS) is 19.8. The molecule has 0 heterocycles. The Hall–Kier alpha value is -0.120. The van der Waals surface area contributed by atoms with Gasteiger partial charge in [0.25, 0.3) is 0 Å². The quantitative estimate of drug-likeness (QED) is 0.660. The summed E-state index contributed by atoms with van der Waals surface area (Å²) in [6, 6.07) is 0. The van der Waals surface area contributed by atoms with Crippen molar-refractivity contribution >= 4 is 0 Å². The van der Waals surface area contributed by atoms with Crippen molar-refractivity contribution in [2.24, 2.45) is 5.41 Å². The fourth-order valence-electron chi connectivity index (χ4n) is 3.20. The average molecular weight is 242 g/mol. The second-order valence-electron chi connectivity index (χ2n) is 5.68. The van der Waals surface area contributed by atoms with Gasteiger partial charge in [-0.2, -0.15) is 0 Å². The van der Waals surface area contributed by atoms with E-state index in [0.29, 0.717) is 5.41 Å². The highest BCUT2D eigenvalue weighted by Gasteiger charge is 2.32. The SMILES string of the molecule is CNCC1(CN(C)CCCOC)CCCCC1. The molecule has 0 spiro atoms. The Kier molecular flexibility index (Phi) is 7.09. The topological polar surface area (TPSA) is 24.5 Å². The van der Waals surface area contributed by atoms with Crippen molar-refractivity contribution in [2.75, 3.05) is 47.4 Å². The summed E-state index contributed by atoms with van der Waals surface area (Å²) in [7, 11) is 6.12. The van der Waals surface area contributed by atoms with Crippen LogP contribution in [-0.4, -0.2) is 52.3 Å². The molecule has 3 nitrogen and oxygen atoms in total. The lowest BCUT2D eigenvalue weighted by Crippen LogP contribution is -2.43. The Morgan fingerprint density at radius 3 is 2.53 bits per heavy atom. The van der Waals surface area contributed by atoms with E-state index in [9.17, 15) is 0 Å². The van der Waals surface area contributed by atoms with Gasteiger partial charge in [-0.25, -0.2) is 0 Å². The van der Waals surface area contributed by atoms with Crippen LogP contribution in [-0.2, 0) is 4.74 Å². The molecule has 1 aliphatic carbocycles. The molecule has 1 rings (SSSR count). The third-order valence-corrected chi connectivity index (χ3v) is 3.96.